The summed E-state index contributed by atoms with van der Waals surface area (Å²) in [5.74, 6) is -1.10. The lowest BCUT2D eigenvalue weighted by molar-refractivity contribution is -0.384. The Kier molecular flexibility index (Phi) is 4.98. The normalized spacial score (nSPS) is 10.7. The number of ether oxygens (including phenoxy) is 1. The molecule has 9 nitrogen and oxygen atoms in total. The average Bonchev–Trinajstić information content (AvgIpc) is 3.10. The number of rotatable bonds is 5. The number of nitrogens with zero attached hydrogens (tertiary/aromatic N) is 3. The van der Waals surface area contributed by atoms with Crippen molar-refractivity contribution in [2.24, 2.45) is 7.05 Å². The zero-order valence-electron chi connectivity index (χ0n) is 13.5. The largest absolute Gasteiger partial charge is 0.464 e. The molecule has 0 unspecified atom stereocenters. The van der Waals surface area contributed by atoms with Crippen molar-refractivity contribution in [1.82, 2.24) is 9.55 Å². The first-order valence-electron chi connectivity index (χ1n) is 6.95. The SMILES string of the molecule is COC(=O)c1nc(NC(=O)c2cc([N+](=O)[O-])cn2C)sc1C(C)C. The molecular formula is C14H16N4O5S. The van der Waals surface area contributed by atoms with E-state index in [0.29, 0.717) is 4.88 Å². The molecule has 0 bridgehead atoms. The fraction of sp³-hybridized carbons (Fsp3) is 0.357. The quantitative estimate of drug-likeness (QED) is 0.502. The highest BCUT2D eigenvalue weighted by Gasteiger charge is 2.23. The van der Waals surface area contributed by atoms with Gasteiger partial charge >= 0.3 is 5.97 Å². The number of carbonyl (C=O) groups is 2. The standard InChI is InChI=1S/C14H16N4O5S/c1-7(2)11-10(13(20)23-4)15-14(24-11)16-12(19)9-5-8(18(21)22)6-17(9)3/h5-7H,1-4H3,(H,15,16,19). The Hall–Kier alpha value is -2.75. The van der Waals surface area contributed by atoms with Crippen molar-refractivity contribution >= 4 is 34.0 Å². The number of amides is 1. The van der Waals surface area contributed by atoms with Crippen LogP contribution in [0.4, 0.5) is 10.8 Å². The summed E-state index contributed by atoms with van der Waals surface area (Å²) in [5.41, 5.74) is 0.0909. The first-order chi connectivity index (χ1) is 11.2. The van der Waals surface area contributed by atoms with Gasteiger partial charge < -0.3 is 9.30 Å². The number of anilines is 1. The number of aryl methyl sites for hydroxylation is 1. The van der Waals surface area contributed by atoms with E-state index in [9.17, 15) is 19.7 Å². The number of hydrogen-bond acceptors (Lipinski definition) is 7. The molecule has 0 saturated carbocycles. The van der Waals surface area contributed by atoms with Crippen LogP contribution in [0.5, 0.6) is 0 Å². The molecule has 0 aliphatic rings. The van der Waals surface area contributed by atoms with E-state index < -0.39 is 16.8 Å². The van der Waals surface area contributed by atoms with Crippen molar-refractivity contribution in [2.45, 2.75) is 19.8 Å². The maximum absolute atomic E-state index is 12.3. The van der Waals surface area contributed by atoms with Gasteiger partial charge in [-0.15, -0.1) is 11.3 Å². The second-order valence-corrected chi connectivity index (χ2v) is 6.31. The lowest BCUT2D eigenvalue weighted by Crippen LogP contribution is -2.15. The summed E-state index contributed by atoms with van der Waals surface area (Å²) in [7, 11) is 2.79. The van der Waals surface area contributed by atoms with Crippen LogP contribution < -0.4 is 5.32 Å². The zero-order valence-corrected chi connectivity index (χ0v) is 14.3. The highest BCUT2D eigenvalue weighted by molar-refractivity contribution is 7.16. The Bertz CT molecular complexity index is 808. The smallest absolute Gasteiger partial charge is 0.357 e. The molecule has 0 fully saturated rings. The van der Waals surface area contributed by atoms with Crippen LogP contribution in [-0.4, -0.2) is 33.5 Å². The molecule has 0 aliphatic heterocycles. The molecule has 0 spiro atoms. The predicted octanol–water partition coefficient (Wildman–Crippen LogP) is 2.55. The van der Waals surface area contributed by atoms with Crippen LogP contribution in [0.2, 0.25) is 0 Å². The fourth-order valence-corrected chi connectivity index (χ4v) is 3.00. The predicted molar refractivity (Wildman–Crippen MR) is 87.6 cm³/mol. The molecule has 2 rings (SSSR count). The molecule has 2 aromatic heterocycles. The van der Waals surface area contributed by atoms with E-state index in [0.717, 1.165) is 0 Å². The number of carbonyl (C=O) groups excluding carboxylic acids is 2. The van der Waals surface area contributed by atoms with Crippen molar-refractivity contribution in [3.63, 3.8) is 0 Å². The minimum Gasteiger partial charge on any atom is -0.464 e. The Morgan fingerprint density at radius 1 is 1.46 bits per heavy atom. The first kappa shape index (κ1) is 17.6. The van der Waals surface area contributed by atoms with Gasteiger partial charge in [0, 0.05) is 18.0 Å². The molecule has 24 heavy (non-hydrogen) atoms. The van der Waals surface area contributed by atoms with Gasteiger partial charge in [0.05, 0.1) is 18.2 Å². The van der Waals surface area contributed by atoms with E-state index in [1.165, 1.54) is 42.3 Å². The first-order valence-corrected chi connectivity index (χ1v) is 7.77. The fourth-order valence-electron chi connectivity index (χ4n) is 2.05. The molecule has 0 saturated heterocycles. The van der Waals surface area contributed by atoms with Crippen LogP contribution in [-0.2, 0) is 11.8 Å². The van der Waals surface area contributed by atoms with E-state index in [4.69, 9.17) is 4.74 Å². The summed E-state index contributed by atoms with van der Waals surface area (Å²) in [4.78, 5) is 39.1. The van der Waals surface area contributed by atoms with E-state index in [2.05, 4.69) is 10.3 Å². The van der Waals surface area contributed by atoms with Crippen LogP contribution in [0.3, 0.4) is 0 Å². The number of esters is 1. The van der Waals surface area contributed by atoms with Gasteiger partial charge in [-0.05, 0) is 5.92 Å². The molecule has 0 atom stereocenters. The van der Waals surface area contributed by atoms with E-state index >= 15 is 0 Å². The average molecular weight is 352 g/mol. The van der Waals surface area contributed by atoms with Gasteiger partial charge in [-0.25, -0.2) is 9.78 Å². The third-order valence-electron chi connectivity index (χ3n) is 3.21. The van der Waals surface area contributed by atoms with Gasteiger partial charge in [0.1, 0.15) is 5.69 Å². The van der Waals surface area contributed by atoms with Gasteiger partial charge in [-0.2, -0.15) is 0 Å². The van der Waals surface area contributed by atoms with Crippen molar-refractivity contribution in [3.8, 4) is 0 Å². The van der Waals surface area contributed by atoms with Crippen molar-refractivity contribution in [2.75, 3.05) is 12.4 Å². The highest BCUT2D eigenvalue weighted by atomic mass is 32.1. The maximum atomic E-state index is 12.3. The van der Waals surface area contributed by atoms with Gasteiger partial charge in [0.25, 0.3) is 11.6 Å². The van der Waals surface area contributed by atoms with Gasteiger partial charge in [-0.1, -0.05) is 13.8 Å². The number of nitrogens with one attached hydrogen (secondary N) is 1. The number of aromatic nitrogens is 2. The Morgan fingerprint density at radius 2 is 2.12 bits per heavy atom. The van der Waals surface area contributed by atoms with E-state index in [1.54, 1.807) is 0 Å². The van der Waals surface area contributed by atoms with Crippen LogP contribution in [0, 0.1) is 10.1 Å². The van der Waals surface area contributed by atoms with E-state index in [-0.39, 0.29) is 28.1 Å². The van der Waals surface area contributed by atoms with Crippen molar-refractivity contribution in [1.29, 1.82) is 0 Å². The molecule has 0 aliphatic carbocycles. The zero-order chi connectivity index (χ0) is 18.0. The maximum Gasteiger partial charge on any atom is 0.357 e. The minimum atomic E-state index is -0.579. The summed E-state index contributed by atoms with van der Waals surface area (Å²) in [6.07, 6.45) is 1.25. The third-order valence-corrected chi connectivity index (χ3v) is 4.48. The summed E-state index contributed by atoms with van der Waals surface area (Å²) in [6, 6.07) is 1.17. The number of nitro groups is 1. The summed E-state index contributed by atoms with van der Waals surface area (Å²) in [6.45, 7) is 3.79. The van der Waals surface area contributed by atoms with E-state index in [1.807, 2.05) is 13.8 Å². The van der Waals surface area contributed by atoms with Gasteiger partial charge in [0.15, 0.2) is 10.8 Å². The lowest BCUT2D eigenvalue weighted by atomic mass is 10.1. The van der Waals surface area contributed by atoms with Crippen molar-refractivity contribution in [3.05, 3.63) is 38.6 Å². The molecule has 10 heteroatoms. The van der Waals surface area contributed by atoms with Gasteiger partial charge in [0.2, 0.25) is 0 Å². The molecule has 1 N–H and O–H groups in total. The van der Waals surface area contributed by atoms with Gasteiger partial charge in [-0.3, -0.25) is 20.2 Å². The molecule has 2 aromatic rings. The molecule has 0 radical (unpaired) electrons. The third kappa shape index (κ3) is 3.43. The van der Waals surface area contributed by atoms with Crippen LogP contribution in [0.25, 0.3) is 0 Å². The van der Waals surface area contributed by atoms with Crippen LogP contribution >= 0.6 is 11.3 Å². The molecule has 1 amide bonds. The monoisotopic (exact) mass is 352 g/mol. The molecule has 128 valence electrons. The topological polar surface area (TPSA) is 116 Å². The van der Waals surface area contributed by atoms with Crippen molar-refractivity contribution < 1.29 is 19.2 Å². The highest BCUT2D eigenvalue weighted by Crippen LogP contribution is 2.30. The molecule has 2 heterocycles. The van der Waals surface area contributed by atoms with Crippen LogP contribution in [0.1, 0.15) is 45.6 Å². The summed E-state index contributed by atoms with van der Waals surface area (Å²) >= 11 is 1.17. The summed E-state index contributed by atoms with van der Waals surface area (Å²) < 4.78 is 6.05. The number of hydrogen-bond donors (Lipinski definition) is 1. The Balaban J connectivity index is 2.29. The minimum absolute atomic E-state index is 0.0263. The number of methoxy groups -OCH3 is 1. The Morgan fingerprint density at radius 3 is 2.62 bits per heavy atom. The second kappa shape index (κ2) is 6.79. The summed E-state index contributed by atoms with van der Waals surface area (Å²) in [5, 5.41) is 13.6. The molecule has 0 aromatic carbocycles. The number of thiazole rings is 1. The molecular weight excluding hydrogens is 336 g/mol. The van der Waals surface area contributed by atoms with Crippen LogP contribution in [0.15, 0.2) is 12.3 Å². The Labute approximate surface area is 141 Å². The lowest BCUT2D eigenvalue weighted by Gasteiger charge is -2.02. The second-order valence-electron chi connectivity index (χ2n) is 5.28.